The molecule has 0 aliphatic heterocycles. The van der Waals surface area contributed by atoms with E-state index in [2.05, 4.69) is 91.4 Å². The first-order valence-corrected chi connectivity index (χ1v) is 8.41. The number of hydrogen-bond acceptors (Lipinski definition) is 1. The van der Waals surface area contributed by atoms with Gasteiger partial charge >= 0.3 is 0 Å². The van der Waals surface area contributed by atoms with E-state index in [0.29, 0.717) is 5.92 Å². The molecule has 0 saturated carbocycles. The molecule has 0 aliphatic carbocycles. The molecule has 0 bridgehead atoms. The van der Waals surface area contributed by atoms with Crippen molar-refractivity contribution in [2.45, 2.75) is 39.7 Å². The van der Waals surface area contributed by atoms with Crippen molar-refractivity contribution < 1.29 is 0 Å². The van der Waals surface area contributed by atoms with Crippen LogP contribution in [0.1, 0.15) is 55.0 Å². The van der Waals surface area contributed by atoms with Crippen LogP contribution in [-0.2, 0) is 0 Å². The van der Waals surface area contributed by atoms with Gasteiger partial charge in [-0.1, -0.05) is 78.7 Å². The fourth-order valence-electron chi connectivity index (χ4n) is 2.57. The number of benzene rings is 2. The van der Waals surface area contributed by atoms with Crippen LogP contribution < -0.4 is 5.32 Å². The minimum absolute atomic E-state index is 0.227. The van der Waals surface area contributed by atoms with Crippen LogP contribution in [0.4, 0.5) is 0 Å². The Balaban J connectivity index is 2.40. The van der Waals surface area contributed by atoms with Gasteiger partial charge in [0, 0.05) is 4.47 Å². The van der Waals surface area contributed by atoms with Gasteiger partial charge in [-0.05, 0) is 42.1 Å². The lowest BCUT2D eigenvalue weighted by Crippen LogP contribution is -2.22. The van der Waals surface area contributed by atoms with Gasteiger partial charge in [-0.2, -0.15) is 0 Å². The van der Waals surface area contributed by atoms with Gasteiger partial charge in [0.15, 0.2) is 0 Å². The van der Waals surface area contributed by atoms with E-state index in [4.69, 9.17) is 0 Å². The molecular weight excluding hydrogens is 322 g/mol. The summed E-state index contributed by atoms with van der Waals surface area (Å²) < 4.78 is 1.16. The van der Waals surface area contributed by atoms with Crippen molar-refractivity contribution in [2.24, 2.45) is 0 Å². The third kappa shape index (κ3) is 3.96. The Bertz CT molecular complexity index is 587. The summed E-state index contributed by atoms with van der Waals surface area (Å²) in [5.74, 6) is 0.572. The minimum atomic E-state index is 0.227. The van der Waals surface area contributed by atoms with E-state index < -0.39 is 0 Å². The third-order valence-electron chi connectivity index (χ3n) is 3.81. The van der Waals surface area contributed by atoms with Gasteiger partial charge in [0.25, 0.3) is 0 Å². The molecule has 2 rings (SSSR count). The van der Waals surface area contributed by atoms with E-state index in [-0.39, 0.29) is 6.04 Å². The molecular formula is C19H24BrN. The van der Waals surface area contributed by atoms with E-state index >= 15 is 0 Å². The molecule has 1 unspecified atom stereocenters. The van der Waals surface area contributed by atoms with Crippen LogP contribution in [0.15, 0.2) is 46.9 Å². The normalized spacial score (nSPS) is 12.7. The molecule has 0 amide bonds. The molecule has 21 heavy (non-hydrogen) atoms. The van der Waals surface area contributed by atoms with Gasteiger partial charge in [-0.25, -0.2) is 0 Å². The van der Waals surface area contributed by atoms with Crippen molar-refractivity contribution in [3.05, 3.63) is 69.2 Å². The highest BCUT2D eigenvalue weighted by molar-refractivity contribution is 9.10. The van der Waals surface area contributed by atoms with Crippen LogP contribution in [0, 0.1) is 6.92 Å². The minimum Gasteiger partial charge on any atom is -0.306 e. The monoisotopic (exact) mass is 345 g/mol. The lowest BCUT2D eigenvalue weighted by molar-refractivity contribution is 0.627. The predicted molar refractivity (Wildman–Crippen MR) is 94.9 cm³/mol. The summed E-state index contributed by atoms with van der Waals surface area (Å²) in [6, 6.07) is 15.7. The maximum atomic E-state index is 3.70. The van der Waals surface area contributed by atoms with Crippen LogP contribution in [0.2, 0.25) is 0 Å². The predicted octanol–water partition coefficient (Wildman–Crippen LogP) is 5.58. The number of aryl methyl sites for hydroxylation is 1. The molecule has 0 fully saturated rings. The highest BCUT2D eigenvalue weighted by atomic mass is 79.9. The summed E-state index contributed by atoms with van der Waals surface area (Å²) in [7, 11) is 0. The maximum Gasteiger partial charge on any atom is 0.0587 e. The summed E-state index contributed by atoms with van der Waals surface area (Å²) >= 11 is 3.70. The first-order valence-electron chi connectivity index (χ1n) is 7.62. The van der Waals surface area contributed by atoms with Gasteiger partial charge in [0.1, 0.15) is 0 Å². The lowest BCUT2D eigenvalue weighted by atomic mass is 9.94. The van der Waals surface area contributed by atoms with E-state index in [1.807, 2.05) is 0 Å². The first kappa shape index (κ1) is 16.3. The van der Waals surface area contributed by atoms with Crippen molar-refractivity contribution in [3.63, 3.8) is 0 Å². The van der Waals surface area contributed by atoms with Gasteiger partial charge in [0.05, 0.1) is 6.04 Å². The van der Waals surface area contributed by atoms with Crippen LogP contribution in [0.3, 0.4) is 0 Å². The largest absolute Gasteiger partial charge is 0.306 e. The molecule has 1 nitrogen and oxygen atoms in total. The Morgan fingerprint density at radius 1 is 1.00 bits per heavy atom. The zero-order chi connectivity index (χ0) is 15.4. The molecule has 0 aliphatic rings. The quantitative estimate of drug-likeness (QED) is 0.745. The van der Waals surface area contributed by atoms with Crippen molar-refractivity contribution in [1.82, 2.24) is 5.32 Å². The highest BCUT2D eigenvalue weighted by Gasteiger charge is 2.16. The second kappa shape index (κ2) is 7.24. The standard InChI is InChI=1S/C19H24BrN/c1-5-21-19(17-12-14(4)6-11-18(17)20)16-9-7-15(8-10-16)13(2)3/h6-13,19,21H,5H2,1-4H3. The fraction of sp³-hybridized carbons (Fsp3) is 0.368. The molecule has 1 atom stereocenters. The smallest absolute Gasteiger partial charge is 0.0587 e. The molecule has 1 N–H and O–H groups in total. The van der Waals surface area contributed by atoms with Crippen LogP contribution >= 0.6 is 15.9 Å². The number of halogens is 1. The zero-order valence-corrected chi connectivity index (χ0v) is 14.9. The SMILES string of the molecule is CCNC(c1ccc(C(C)C)cc1)c1cc(C)ccc1Br. The van der Waals surface area contributed by atoms with Crippen LogP contribution in [0.5, 0.6) is 0 Å². The Morgan fingerprint density at radius 3 is 2.19 bits per heavy atom. The summed E-state index contributed by atoms with van der Waals surface area (Å²) in [4.78, 5) is 0. The first-order chi connectivity index (χ1) is 10.0. The van der Waals surface area contributed by atoms with Gasteiger partial charge in [0.2, 0.25) is 0 Å². The van der Waals surface area contributed by atoms with E-state index in [1.165, 1.54) is 22.3 Å². The molecule has 0 saturated heterocycles. The van der Waals surface area contributed by atoms with E-state index in [9.17, 15) is 0 Å². The lowest BCUT2D eigenvalue weighted by Gasteiger charge is -2.21. The molecule has 2 aromatic carbocycles. The third-order valence-corrected chi connectivity index (χ3v) is 4.53. The number of rotatable bonds is 5. The summed E-state index contributed by atoms with van der Waals surface area (Å²) in [5, 5.41) is 3.60. The Kier molecular flexibility index (Phi) is 5.60. The van der Waals surface area contributed by atoms with Crippen LogP contribution in [-0.4, -0.2) is 6.54 Å². The molecule has 0 radical (unpaired) electrons. The van der Waals surface area contributed by atoms with Crippen molar-refractivity contribution in [1.29, 1.82) is 0 Å². The average molecular weight is 346 g/mol. The number of nitrogens with one attached hydrogen (secondary N) is 1. The van der Waals surface area contributed by atoms with Gasteiger partial charge < -0.3 is 5.32 Å². The summed E-state index contributed by atoms with van der Waals surface area (Å²) in [6.07, 6.45) is 0. The zero-order valence-electron chi connectivity index (χ0n) is 13.3. The molecule has 0 spiro atoms. The average Bonchev–Trinajstić information content (AvgIpc) is 2.48. The fourth-order valence-corrected chi connectivity index (χ4v) is 3.04. The number of hydrogen-bond donors (Lipinski definition) is 1. The maximum absolute atomic E-state index is 3.70. The van der Waals surface area contributed by atoms with Gasteiger partial charge in [-0.3, -0.25) is 0 Å². The topological polar surface area (TPSA) is 12.0 Å². The second-order valence-electron chi connectivity index (χ2n) is 5.84. The Morgan fingerprint density at radius 2 is 1.62 bits per heavy atom. The second-order valence-corrected chi connectivity index (χ2v) is 6.69. The Hall–Kier alpha value is -1.12. The highest BCUT2D eigenvalue weighted by Crippen LogP contribution is 2.30. The summed E-state index contributed by atoms with van der Waals surface area (Å²) in [5.41, 5.74) is 5.29. The molecule has 0 heterocycles. The van der Waals surface area contributed by atoms with Crippen molar-refractivity contribution >= 4 is 15.9 Å². The Labute approximate surface area is 136 Å². The summed E-state index contributed by atoms with van der Waals surface area (Å²) in [6.45, 7) is 9.69. The van der Waals surface area contributed by atoms with Crippen LogP contribution in [0.25, 0.3) is 0 Å². The van der Waals surface area contributed by atoms with E-state index in [1.54, 1.807) is 0 Å². The van der Waals surface area contributed by atoms with Crippen molar-refractivity contribution in [3.8, 4) is 0 Å². The molecule has 112 valence electrons. The van der Waals surface area contributed by atoms with E-state index in [0.717, 1.165) is 11.0 Å². The molecule has 0 aromatic heterocycles. The molecule has 2 aromatic rings. The molecule has 2 heteroatoms. The van der Waals surface area contributed by atoms with Gasteiger partial charge in [-0.15, -0.1) is 0 Å². The van der Waals surface area contributed by atoms with Crippen molar-refractivity contribution in [2.75, 3.05) is 6.54 Å².